The summed E-state index contributed by atoms with van der Waals surface area (Å²) in [7, 11) is 0. The van der Waals surface area contributed by atoms with Crippen LogP contribution in [0.25, 0.3) is 0 Å². The monoisotopic (exact) mass is 402 g/mol. The van der Waals surface area contributed by atoms with Gasteiger partial charge in [-0.2, -0.15) is 0 Å². The summed E-state index contributed by atoms with van der Waals surface area (Å²) in [6.45, 7) is 5.26. The minimum atomic E-state index is -0.688. The smallest absolute Gasteiger partial charge is 0.265 e. The van der Waals surface area contributed by atoms with Gasteiger partial charge in [-0.15, -0.1) is 12.4 Å². The Morgan fingerprint density at radius 1 is 1.16 bits per heavy atom. The number of hydrogen-bond donors (Lipinski definition) is 2. The predicted molar refractivity (Wildman–Crippen MR) is 106 cm³/mol. The molecule has 2 aromatic carbocycles. The highest BCUT2D eigenvalue weighted by atomic mass is 35.5. The molecule has 4 nitrogen and oxygen atoms in total. The number of anilines is 1. The van der Waals surface area contributed by atoms with E-state index in [1.165, 1.54) is 0 Å². The Morgan fingerprint density at radius 2 is 1.80 bits per heavy atom. The van der Waals surface area contributed by atoms with Crippen LogP contribution in [0.5, 0.6) is 5.75 Å². The maximum Gasteiger partial charge on any atom is 0.265 e. The van der Waals surface area contributed by atoms with Crippen LogP contribution in [-0.4, -0.2) is 18.6 Å². The summed E-state index contributed by atoms with van der Waals surface area (Å²) in [5.74, 6) is 0.214. The van der Waals surface area contributed by atoms with E-state index in [-0.39, 0.29) is 18.3 Å². The zero-order chi connectivity index (χ0) is 17.5. The fourth-order valence-corrected chi connectivity index (χ4v) is 2.65. The van der Waals surface area contributed by atoms with E-state index >= 15 is 0 Å². The highest BCUT2D eigenvalue weighted by molar-refractivity contribution is 6.34. The molecule has 2 N–H and O–H groups in total. The van der Waals surface area contributed by atoms with Gasteiger partial charge in [0.15, 0.2) is 6.10 Å². The second kappa shape index (κ2) is 10.5. The van der Waals surface area contributed by atoms with Gasteiger partial charge >= 0.3 is 0 Å². The molecule has 0 radical (unpaired) electrons. The number of rotatable bonds is 7. The lowest BCUT2D eigenvalue weighted by molar-refractivity contribution is -0.122. The zero-order valence-electron chi connectivity index (χ0n) is 14.0. The first-order chi connectivity index (χ1) is 11.5. The Morgan fingerprint density at radius 3 is 2.44 bits per heavy atom. The van der Waals surface area contributed by atoms with Crippen LogP contribution in [0.3, 0.4) is 0 Å². The molecule has 0 bridgehead atoms. The van der Waals surface area contributed by atoms with Crippen LogP contribution in [0.1, 0.15) is 19.4 Å². The lowest BCUT2D eigenvalue weighted by atomic mass is 10.1. The van der Waals surface area contributed by atoms with Crippen molar-refractivity contribution in [1.29, 1.82) is 0 Å². The van der Waals surface area contributed by atoms with Gasteiger partial charge in [0.05, 0.1) is 0 Å². The van der Waals surface area contributed by atoms with Crippen LogP contribution in [-0.2, 0) is 11.3 Å². The van der Waals surface area contributed by atoms with Crippen molar-refractivity contribution in [2.45, 2.75) is 26.5 Å². The van der Waals surface area contributed by atoms with Crippen molar-refractivity contribution in [3.63, 3.8) is 0 Å². The number of carbonyl (C=O) groups is 1. The van der Waals surface area contributed by atoms with Crippen molar-refractivity contribution in [2.75, 3.05) is 11.9 Å². The molecule has 2 rings (SSSR count). The molecule has 7 heteroatoms. The predicted octanol–water partition coefficient (Wildman–Crippen LogP) is 4.93. The minimum absolute atomic E-state index is 0. The van der Waals surface area contributed by atoms with Crippen molar-refractivity contribution in [2.24, 2.45) is 0 Å². The molecule has 0 spiro atoms. The summed E-state index contributed by atoms with van der Waals surface area (Å²) in [4.78, 5) is 12.4. The van der Waals surface area contributed by atoms with E-state index in [0.29, 0.717) is 22.3 Å². The Hall–Kier alpha value is -1.46. The van der Waals surface area contributed by atoms with Crippen LogP contribution in [0.15, 0.2) is 42.5 Å². The third-order valence-electron chi connectivity index (χ3n) is 3.36. The second-order valence-electron chi connectivity index (χ2n) is 5.29. The molecular weight excluding hydrogens is 383 g/mol. The number of carbonyl (C=O) groups excluding carboxylic acids is 1. The fourth-order valence-electron chi connectivity index (χ4n) is 2.14. The Bertz CT molecular complexity index is 690. The topological polar surface area (TPSA) is 50.4 Å². The summed E-state index contributed by atoms with van der Waals surface area (Å²) in [6, 6.07) is 12.5. The van der Waals surface area contributed by atoms with E-state index in [0.717, 1.165) is 17.8 Å². The highest BCUT2D eigenvalue weighted by Crippen LogP contribution is 2.25. The van der Waals surface area contributed by atoms with Crippen molar-refractivity contribution >= 4 is 47.2 Å². The van der Waals surface area contributed by atoms with Crippen LogP contribution in [0.4, 0.5) is 5.69 Å². The van der Waals surface area contributed by atoms with E-state index in [2.05, 4.69) is 10.6 Å². The first-order valence-corrected chi connectivity index (χ1v) is 8.47. The Balaban J connectivity index is 0.00000312. The van der Waals surface area contributed by atoms with Gasteiger partial charge in [0.25, 0.3) is 5.91 Å². The molecule has 0 aromatic heterocycles. The normalized spacial score (nSPS) is 11.4. The minimum Gasteiger partial charge on any atom is -0.481 e. The highest BCUT2D eigenvalue weighted by Gasteiger charge is 2.16. The number of halogens is 3. The van der Waals surface area contributed by atoms with Gasteiger partial charge < -0.3 is 15.4 Å². The molecule has 1 unspecified atom stereocenters. The third-order valence-corrected chi connectivity index (χ3v) is 3.80. The molecule has 0 aliphatic heterocycles. The molecule has 0 heterocycles. The molecule has 136 valence electrons. The molecule has 0 aliphatic rings. The molecule has 0 fully saturated rings. The average Bonchev–Trinajstić information content (AvgIpc) is 2.53. The third kappa shape index (κ3) is 6.75. The van der Waals surface area contributed by atoms with E-state index in [1.54, 1.807) is 25.1 Å². The van der Waals surface area contributed by atoms with E-state index in [9.17, 15) is 4.79 Å². The Kier molecular flexibility index (Phi) is 9.08. The molecule has 25 heavy (non-hydrogen) atoms. The van der Waals surface area contributed by atoms with Gasteiger partial charge in [0.2, 0.25) is 0 Å². The molecule has 0 saturated carbocycles. The molecule has 1 atom stereocenters. The fraction of sp³-hybridized carbons (Fsp3) is 0.278. The summed E-state index contributed by atoms with van der Waals surface area (Å²) in [6.07, 6.45) is -0.688. The van der Waals surface area contributed by atoms with Crippen LogP contribution < -0.4 is 15.4 Å². The largest absolute Gasteiger partial charge is 0.481 e. The molecule has 0 aliphatic carbocycles. The van der Waals surface area contributed by atoms with E-state index in [1.807, 2.05) is 31.2 Å². The molecular formula is C18H21Cl3N2O2. The molecule has 1 amide bonds. The first-order valence-electron chi connectivity index (χ1n) is 7.72. The lowest BCUT2D eigenvalue weighted by Gasteiger charge is -2.17. The standard InChI is InChI=1S/C18H20Cl2N2O2.ClH/c1-3-21-11-13-6-4-5-7-17(13)22-18(23)12(2)24-16-9-14(19)8-15(20)10-16;/h4-10,12,21H,3,11H2,1-2H3,(H,22,23);1H. The van der Waals surface area contributed by atoms with Crippen LogP contribution in [0.2, 0.25) is 10.0 Å². The summed E-state index contributed by atoms with van der Waals surface area (Å²) < 4.78 is 5.63. The van der Waals surface area contributed by atoms with Crippen molar-refractivity contribution in [3.8, 4) is 5.75 Å². The number of benzene rings is 2. The van der Waals surface area contributed by atoms with E-state index in [4.69, 9.17) is 27.9 Å². The van der Waals surface area contributed by atoms with Gasteiger partial charge in [0, 0.05) is 22.3 Å². The van der Waals surface area contributed by atoms with Gasteiger partial charge in [-0.1, -0.05) is 48.3 Å². The number of hydrogen-bond acceptors (Lipinski definition) is 3. The average molecular weight is 404 g/mol. The number of para-hydroxylation sites is 1. The van der Waals surface area contributed by atoms with Crippen molar-refractivity contribution in [3.05, 3.63) is 58.1 Å². The molecule has 0 saturated heterocycles. The maximum atomic E-state index is 12.4. The number of amides is 1. The molecule has 2 aromatic rings. The first kappa shape index (κ1) is 21.6. The van der Waals surface area contributed by atoms with Gasteiger partial charge in [-0.3, -0.25) is 4.79 Å². The van der Waals surface area contributed by atoms with Crippen molar-refractivity contribution in [1.82, 2.24) is 5.32 Å². The summed E-state index contributed by atoms with van der Waals surface area (Å²) in [5, 5.41) is 7.07. The van der Waals surface area contributed by atoms with Crippen molar-refractivity contribution < 1.29 is 9.53 Å². The second-order valence-corrected chi connectivity index (χ2v) is 6.16. The van der Waals surface area contributed by atoms with E-state index < -0.39 is 6.10 Å². The quantitative estimate of drug-likeness (QED) is 0.689. The maximum absolute atomic E-state index is 12.4. The van der Waals surface area contributed by atoms with Crippen LogP contribution in [0, 0.1) is 0 Å². The SMILES string of the molecule is CCNCc1ccccc1NC(=O)C(C)Oc1cc(Cl)cc(Cl)c1.Cl. The summed E-state index contributed by atoms with van der Waals surface area (Å²) in [5.41, 5.74) is 1.79. The lowest BCUT2D eigenvalue weighted by Crippen LogP contribution is -2.30. The Labute approximate surface area is 164 Å². The van der Waals surface area contributed by atoms with Gasteiger partial charge in [-0.05, 0) is 43.3 Å². The summed E-state index contributed by atoms with van der Waals surface area (Å²) >= 11 is 11.9. The zero-order valence-corrected chi connectivity index (χ0v) is 16.3. The number of nitrogens with one attached hydrogen (secondary N) is 2. The van der Waals surface area contributed by atoms with Gasteiger partial charge in [-0.25, -0.2) is 0 Å². The van der Waals surface area contributed by atoms with Crippen LogP contribution >= 0.6 is 35.6 Å². The number of ether oxygens (including phenoxy) is 1. The van der Waals surface area contributed by atoms with Gasteiger partial charge in [0.1, 0.15) is 5.75 Å².